The number of nitrogens with two attached hydrogens (primary N) is 1. The quantitative estimate of drug-likeness (QED) is 0.929. The number of pyridine rings is 1. The van der Waals surface area contributed by atoms with Gasteiger partial charge in [-0.1, -0.05) is 12.8 Å². The zero-order valence-electron chi connectivity index (χ0n) is 11.6. The Hall–Kier alpha value is -1.63. The van der Waals surface area contributed by atoms with Crippen LogP contribution in [0.3, 0.4) is 0 Å². The van der Waals surface area contributed by atoms with E-state index in [1.165, 1.54) is 0 Å². The van der Waals surface area contributed by atoms with Gasteiger partial charge in [0.05, 0.1) is 5.56 Å². The van der Waals surface area contributed by atoms with E-state index in [4.69, 9.17) is 5.73 Å². The van der Waals surface area contributed by atoms with E-state index in [2.05, 4.69) is 4.98 Å². The van der Waals surface area contributed by atoms with Gasteiger partial charge in [-0.25, -0.2) is 0 Å². The summed E-state index contributed by atoms with van der Waals surface area (Å²) >= 11 is 0. The lowest BCUT2D eigenvalue weighted by molar-refractivity contribution is -0.137. The second-order valence-corrected chi connectivity index (χ2v) is 5.16. The fraction of sp³-hybridized carbons (Fsp3) is 0.571. The molecule has 0 unspecified atom stereocenters. The van der Waals surface area contributed by atoms with E-state index >= 15 is 0 Å². The van der Waals surface area contributed by atoms with Crippen molar-refractivity contribution >= 4 is 5.91 Å². The molecule has 1 aliphatic carbocycles. The van der Waals surface area contributed by atoms with Crippen LogP contribution in [0.5, 0.6) is 0 Å². The average Bonchev–Trinajstić information content (AvgIpc) is 2.97. The Labute approximate surface area is 121 Å². The van der Waals surface area contributed by atoms with Crippen molar-refractivity contribution in [1.29, 1.82) is 0 Å². The van der Waals surface area contributed by atoms with Crippen LogP contribution in [0.2, 0.25) is 0 Å². The van der Waals surface area contributed by atoms with Crippen LogP contribution < -0.4 is 5.73 Å². The molecule has 0 saturated heterocycles. The lowest BCUT2D eigenvalue weighted by atomic mass is 10.1. The molecule has 116 valence electrons. The van der Waals surface area contributed by atoms with E-state index in [0.29, 0.717) is 19.3 Å². The van der Waals surface area contributed by atoms with Gasteiger partial charge in [-0.05, 0) is 25.0 Å². The monoisotopic (exact) mass is 301 g/mol. The van der Waals surface area contributed by atoms with Crippen molar-refractivity contribution in [3.8, 4) is 0 Å². The molecule has 21 heavy (non-hydrogen) atoms. The summed E-state index contributed by atoms with van der Waals surface area (Å²) in [5, 5.41) is 0. The van der Waals surface area contributed by atoms with Gasteiger partial charge in [0.1, 0.15) is 5.69 Å². The molecule has 0 bridgehead atoms. The topological polar surface area (TPSA) is 59.2 Å². The van der Waals surface area contributed by atoms with Crippen molar-refractivity contribution < 1.29 is 18.0 Å². The normalized spacial score (nSPS) is 16.2. The summed E-state index contributed by atoms with van der Waals surface area (Å²) in [5.41, 5.74) is 4.71. The largest absolute Gasteiger partial charge is 0.417 e. The van der Waals surface area contributed by atoms with Gasteiger partial charge in [0, 0.05) is 25.3 Å². The predicted molar refractivity (Wildman–Crippen MR) is 71.6 cm³/mol. The van der Waals surface area contributed by atoms with Gasteiger partial charge >= 0.3 is 6.18 Å². The Balaban J connectivity index is 2.16. The highest BCUT2D eigenvalue weighted by atomic mass is 19.4. The second-order valence-electron chi connectivity index (χ2n) is 5.16. The molecule has 1 amide bonds. The van der Waals surface area contributed by atoms with E-state index < -0.39 is 11.7 Å². The van der Waals surface area contributed by atoms with Crippen LogP contribution in [-0.2, 0) is 6.18 Å². The fourth-order valence-electron chi connectivity index (χ4n) is 2.64. The molecule has 0 aliphatic heterocycles. The first-order valence-electron chi connectivity index (χ1n) is 6.98. The standard InChI is InChI=1S/C14H18F3N3O/c15-14(16,17)10-5-6-12(19-9-10)13(21)20(8-7-18)11-3-1-2-4-11/h5-6,9,11H,1-4,7-8,18H2. The lowest BCUT2D eigenvalue weighted by Crippen LogP contribution is -2.42. The summed E-state index contributed by atoms with van der Waals surface area (Å²) in [5.74, 6) is -0.346. The number of hydrogen-bond donors (Lipinski definition) is 1. The summed E-state index contributed by atoms with van der Waals surface area (Å²) in [4.78, 5) is 17.7. The number of rotatable bonds is 4. The number of nitrogens with zero attached hydrogens (tertiary/aromatic N) is 2. The molecule has 2 rings (SSSR count). The minimum absolute atomic E-state index is 0.0309. The zero-order valence-corrected chi connectivity index (χ0v) is 11.6. The van der Waals surface area contributed by atoms with Gasteiger partial charge in [0.15, 0.2) is 0 Å². The van der Waals surface area contributed by atoms with E-state index in [9.17, 15) is 18.0 Å². The van der Waals surface area contributed by atoms with Crippen LogP contribution in [0.25, 0.3) is 0 Å². The molecule has 0 atom stereocenters. The molecule has 1 aliphatic rings. The third kappa shape index (κ3) is 3.72. The number of hydrogen-bond acceptors (Lipinski definition) is 3. The molecular formula is C14H18F3N3O. The lowest BCUT2D eigenvalue weighted by Gasteiger charge is -2.28. The molecule has 1 fully saturated rings. The predicted octanol–water partition coefficient (Wildman–Crippen LogP) is 2.44. The van der Waals surface area contributed by atoms with E-state index in [1.807, 2.05) is 0 Å². The van der Waals surface area contributed by atoms with Gasteiger partial charge in [-0.3, -0.25) is 9.78 Å². The Morgan fingerprint density at radius 2 is 2.00 bits per heavy atom. The van der Waals surface area contributed by atoms with Crippen LogP contribution in [0.15, 0.2) is 18.3 Å². The molecule has 1 heterocycles. The summed E-state index contributed by atoms with van der Waals surface area (Å²) < 4.78 is 37.5. The van der Waals surface area contributed by atoms with E-state index in [0.717, 1.165) is 37.8 Å². The fourth-order valence-corrected chi connectivity index (χ4v) is 2.64. The third-order valence-electron chi connectivity index (χ3n) is 3.71. The van der Waals surface area contributed by atoms with Crippen LogP contribution in [0, 0.1) is 0 Å². The maximum atomic E-state index is 12.5. The number of alkyl halides is 3. The maximum absolute atomic E-state index is 12.5. The summed E-state index contributed by atoms with van der Waals surface area (Å²) in [6.07, 6.45) is 0.178. The molecule has 4 nitrogen and oxygen atoms in total. The molecule has 0 radical (unpaired) electrons. The molecule has 0 aromatic carbocycles. The van der Waals surface area contributed by atoms with E-state index in [1.54, 1.807) is 4.90 Å². The molecule has 2 N–H and O–H groups in total. The highest BCUT2D eigenvalue weighted by Crippen LogP contribution is 2.29. The molecule has 1 aromatic heterocycles. The molecular weight excluding hydrogens is 283 g/mol. The average molecular weight is 301 g/mol. The molecule has 7 heteroatoms. The van der Waals surface area contributed by atoms with Crippen molar-refractivity contribution in [1.82, 2.24) is 9.88 Å². The SMILES string of the molecule is NCCN(C(=O)c1ccc(C(F)(F)F)cn1)C1CCCC1. The van der Waals surface area contributed by atoms with Gasteiger partial charge in [-0.2, -0.15) is 13.2 Å². The van der Waals surface area contributed by atoms with Crippen LogP contribution in [0.1, 0.15) is 41.7 Å². The summed E-state index contributed by atoms with van der Waals surface area (Å²) in [7, 11) is 0. The highest BCUT2D eigenvalue weighted by Gasteiger charge is 2.32. The van der Waals surface area contributed by atoms with Gasteiger partial charge in [0.25, 0.3) is 5.91 Å². The van der Waals surface area contributed by atoms with Crippen molar-refractivity contribution in [2.24, 2.45) is 5.73 Å². The maximum Gasteiger partial charge on any atom is 0.417 e. The van der Waals surface area contributed by atoms with Crippen molar-refractivity contribution in [2.75, 3.05) is 13.1 Å². The number of amides is 1. The molecule has 0 spiro atoms. The minimum Gasteiger partial charge on any atom is -0.333 e. The Bertz CT molecular complexity index is 481. The first-order valence-corrected chi connectivity index (χ1v) is 6.98. The van der Waals surface area contributed by atoms with Crippen molar-refractivity contribution in [3.63, 3.8) is 0 Å². The number of carbonyl (C=O) groups is 1. The number of aromatic nitrogens is 1. The third-order valence-corrected chi connectivity index (χ3v) is 3.71. The Morgan fingerprint density at radius 3 is 2.48 bits per heavy atom. The number of halogens is 3. The van der Waals surface area contributed by atoms with Crippen LogP contribution >= 0.6 is 0 Å². The van der Waals surface area contributed by atoms with Gasteiger partial charge < -0.3 is 10.6 Å². The van der Waals surface area contributed by atoms with E-state index in [-0.39, 0.29) is 17.6 Å². The van der Waals surface area contributed by atoms with Crippen molar-refractivity contribution in [2.45, 2.75) is 37.9 Å². The van der Waals surface area contributed by atoms with Crippen LogP contribution in [0.4, 0.5) is 13.2 Å². The molecule has 1 aromatic rings. The van der Waals surface area contributed by atoms with Crippen LogP contribution in [-0.4, -0.2) is 34.9 Å². The first-order chi connectivity index (χ1) is 9.93. The summed E-state index contributed by atoms with van der Waals surface area (Å²) in [6, 6.07) is 2.13. The van der Waals surface area contributed by atoms with Gasteiger partial charge in [0.2, 0.25) is 0 Å². The second kappa shape index (κ2) is 6.43. The van der Waals surface area contributed by atoms with Crippen molar-refractivity contribution in [3.05, 3.63) is 29.6 Å². The zero-order chi connectivity index (χ0) is 15.5. The smallest absolute Gasteiger partial charge is 0.333 e. The first kappa shape index (κ1) is 15.8. The Morgan fingerprint density at radius 1 is 1.33 bits per heavy atom. The van der Waals surface area contributed by atoms with Gasteiger partial charge in [-0.15, -0.1) is 0 Å². The summed E-state index contributed by atoms with van der Waals surface area (Å²) in [6.45, 7) is 0.717. The molecule has 1 saturated carbocycles. The number of carbonyl (C=O) groups excluding carboxylic acids is 1. The highest BCUT2D eigenvalue weighted by molar-refractivity contribution is 5.92. The Kier molecular flexibility index (Phi) is 4.82. The minimum atomic E-state index is -4.45.